The Morgan fingerprint density at radius 2 is 1.48 bits per heavy atom. The van der Waals surface area contributed by atoms with Gasteiger partial charge in [-0.25, -0.2) is 19.6 Å². The SMILES string of the molecule is COC(=O)c1cc(I)c(N)nc1C.COC(=O)c1ccc(N)nc1C. The van der Waals surface area contributed by atoms with Gasteiger partial charge in [0.25, 0.3) is 0 Å². The molecular formula is C16H19IN4O4. The average Bonchev–Trinajstić information content (AvgIpc) is 2.57. The molecule has 0 spiro atoms. The van der Waals surface area contributed by atoms with Crippen molar-refractivity contribution in [1.82, 2.24) is 9.97 Å². The van der Waals surface area contributed by atoms with Crippen molar-refractivity contribution in [2.75, 3.05) is 25.7 Å². The van der Waals surface area contributed by atoms with E-state index < -0.39 is 0 Å². The number of nitrogens with zero attached hydrogens (tertiary/aromatic N) is 2. The van der Waals surface area contributed by atoms with Crippen molar-refractivity contribution in [3.8, 4) is 0 Å². The number of nitrogen functional groups attached to an aromatic ring is 2. The summed E-state index contributed by atoms with van der Waals surface area (Å²) in [5.74, 6) is 0.0637. The van der Waals surface area contributed by atoms with Crippen LogP contribution in [-0.2, 0) is 9.47 Å². The summed E-state index contributed by atoms with van der Waals surface area (Å²) in [6, 6.07) is 4.84. The number of aromatic nitrogens is 2. The summed E-state index contributed by atoms with van der Waals surface area (Å²) in [7, 11) is 2.67. The molecule has 0 atom stereocenters. The maximum atomic E-state index is 11.2. The number of methoxy groups -OCH3 is 2. The van der Waals surface area contributed by atoms with Gasteiger partial charge in [-0.2, -0.15) is 0 Å². The number of nitrogens with two attached hydrogens (primary N) is 2. The zero-order chi connectivity index (χ0) is 19.1. The zero-order valence-electron chi connectivity index (χ0n) is 14.3. The van der Waals surface area contributed by atoms with Crippen molar-refractivity contribution in [2.45, 2.75) is 13.8 Å². The van der Waals surface area contributed by atoms with E-state index in [4.69, 9.17) is 11.5 Å². The molecular weight excluding hydrogens is 439 g/mol. The molecule has 2 rings (SSSR count). The molecule has 0 aliphatic rings. The minimum Gasteiger partial charge on any atom is -0.465 e. The lowest BCUT2D eigenvalue weighted by Crippen LogP contribution is -2.08. The molecule has 0 aliphatic carbocycles. The van der Waals surface area contributed by atoms with Crippen LogP contribution in [0.25, 0.3) is 0 Å². The van der Waals surface area contributed by atoms with E-state index >= 15 is 0 Å². The number of hydrogen-bond acceptors (Lipinski definition) is 8. The van der Waals surface area contributed by atoms with Gasteiger partial charge in [-0.05, 0) is 54.6 Å². The first-order valence-corrected chi connectivity index (χ1v) is 8.11. The summed E-state index contributed by atoms with van der Waals surface area (Å²) in [5, 5.41) is 0. The number of pyridine rings is 2. The molecule has 0 radical (unpaired) electrons. The minimum atomic E-state index is -0.389. The monoisotopic (exact) mass is 458 g/mol. The van der Waals surface area contributed by atoms with Gasteiger partial charge in [-0.3, -0.25) is 0 Å². The molecule has 0 amide bonds. The Labute approximate surface area is 159 Å². The topological polar surface area (TPSA) is 130 Å². The van der Waals surface area contributed by atoms with Gasteiger partial charge >= 0.3 is 11.9 Å². The van der Waals surface area contributed by atoms with Gasteiger partial charge in [0.15, 0.2) is 0 Å². The van der Waals surface area contributed by atoms with Crippen LogP contribution >= 0.6 is 22.6 Å². The number of ether oxygens (including phenoxy) is 2. The molecule has 8 nitrogen and oxygen atoms in total. The van der Waals surface area contributed by atoms with Crippen molar-refractivity contribution in [3.63, 3.8) is 0 Å². The fraction of sp³-hybridized carbons (Fsp3) is 0.250. The average molecular weight is 458 g/mol. The van der Waals surface area contributed by atoms with Crippen LogP contribution in [0, 0.1) is 17.4 Å². The minimum absolute atomic E-state index is 0.386. The van der Waals surface area contributed by atoms with Crippen LogP contribution < -0.4 is 11.5 Å². The second-order valence-electron chi connectivity index (χ2n) is 4.84. The van der Waals surface area contributed by atoms with Crippen LogP contribution in [0.1, 0.15) is 32.1 Å². The molecule has 0 fully saturated rings. The normalized spacial score (nSPS) is 9.64. The number of anilines is 2. The summed E-state index contributed by atoms with van der Waals surface area (Å²) in [4.78, 5) is 30.2. The number of aryl methyl sites for hydroxylation is 2. The number of halogens is 1. The van der Waals surface area contributed by atoms with Gasteiger partial charge in [0.05, 0.1) is 40.3 Å². The highest BCUT2D eigenvalue weighted by Gasteiger charge is 2.12. The van der Waals surface area contributed by atoms with Crippen LogP contribution in [-0.4, -0.2) is 36.1 Å². The molecule has 4 N–H and O–H groups in total. The third-order valence-electron chi connectivity index (χ3n) is 3.11. The fourth-order valence-electron chi connectivity index (χ4n) is 1.82. The maximum absolute atomic E-state index is 11.2. The van der Waals surface area contributed by atoms with Crippen molar-refractivity contribution in [1.29, 1.82) is 0 Å². The number of esters is 2. The molecule has 0 unspecified atom stereocenters. The molecule has 0 bridgehead atoms. The quantitative estimate of drug-likeness (QED) is 0.517. The van der Waals surface area contributed by atoms with Crippen LogP contribution in [0.5, 0.6) is 0 Å². The van der Waals surface area contributed by atoms with Crippen molar-refractivity contribution >= 4 is 46.2 Å². The summed E-state index contributed by atoms with van der Waals surface area (Å²) in [5.41, 5.74) is 13.0. The third-order valence-corrected chi connectivity index (χ3v) is 3.98. The van der Waals surface area contributed by atoms with E-state index in [-0.39, 0.29) is 11.9 Å². The smallest absolute Gasteiger partial charge is 0.339 e. The van der Waals surface area contributed by atoms with Crippen LogP contribution in [0.15, 0.2) is 18.2 Å². The van der Waals surface area contributed by atoms with Gasteiger partial charge in [-0.1, -0.05) is 0 Å². The molecule has 0 saturated carbocycles. The van der Waals surface area contributed by atoms with E-state index in [1.54, 1.807) is 32.0 Å². The van der Waals surface area contributed by atoms with Crippen molar-refractivity contribution in [3.05, 3.63) is 44.3 Å². The predicted octanol–water partition coefficient (Wildman–Crippen LogP) is 2.12. The Kier molecular flexibility index (Phi) is 7.55. The lowest BCUT2D eigenvalue weighted by atomic mass is 10.2. The Bertz CT molecular complexity index is 796. The Morgan fingerprint density at radius 3 is 2.00 bits per heavy atom. The molecule has 2 aromatic heterocycles. The fourth-order valence-corrected chi connectivity index (χ4v) is 2.25. The molecule has 2 heterocycles. The summed E-state index contributed by atoms with van der Waals surface area (Å²) in [6.07, 6.45) is 0. The van der Waals surface area contributed by atoms with E-state index in [1.165, 1.54) is 14.2 Å². The standard InChI is InChI=1S/C8H9IN2O2.C8H10N2O2/c1-4-5(8(12)13-2)3-6(9)7(10)11-4;1-5-6(8(11)12-2)3-4-7(9)10-5/h3H,1-2H3,(H2,10,11);3-4H,1-2H3,(H2,9,10). The second kappa shape index (κ2) is 9.16. The van der Waals surface area contributed by atoms with Crippen molar-refractivity contribution < 1.29 is 19.1 Å². The Hall–Kier alpha value is -2.43. The third kappa shape index (κ3) is 5.55. The van der Waals surface area contributed by atoms with E-state index in [0.717, 1.165) is 3.57 Å². The maximum Gasteiger partial charge on any atom is 0.339 e. The van der Waals surface area contributed by atoms with Gasteiger partial charge in [0, 0.05) is 0 Å². The van der Waals surface area contributed by atoms with Gasteiger partial charge in [0.1, 0.15) is 11.6 Å². The first kappa shape index (κ1) is 20.6. The molecule has 9 heteroatoms. The van der Waals surface area contributed by atoms with Gasteiger partial charge in [-0.15, -0.1) is 0 Å². The summed E-state index contributed by atoms with van der Waals surface area (Å²) < 4.78 is 9.88. The zero-order valence-corrected chi connectivity index (χ0v) is 16.4. The van der Waals surface area contributed by atoms with Crippen LogP contribution in [0.2, 0.25) is 0 Å². The van der Waals surface area contributed by atoms with Gasteiger partial charge < -0.3 is 20.9 Å². The van der Waals surface area contributed by atoms with Gasteiger partial charge in [0.2, 0.25) is 0 Å². The number of carbonyl (C=O) groups is 2. The highest BCUT2D eigenvalue weighted by Crippen LogP contribution is 2.17. The van der Waals surface area contributed by atoms with Crippen LogP contribution in [0.3, 0.4) is 0 Å². The molecule has 2 aromatic rings. The Morgan fingerprint density at radius 1 is 0.960 bits per heavy atom. The second-order valence-corrected chi connectivity index (χ2v) is 6.00. The Balaban J connectivity index is 0.000000251. The first-order chi connectivity index (χ1) is 11.7. The van der Waals surface area contributed by atoms with E-state index in [9.17, 15) is 9.59 Å². The number of hydrogen-bond donors (Lipinski definition) is 2. The highest BCUT2D eigenvalue weighted by molar-refractivity contribution is 14.1. The van der Waals surface area contributed by atoms with Crippen molar-refractivity contribution in [2.24, 2.45) is 0 Å². The van der Waals surface area contributed by atoms with Crippen LogP contribution in [0.4, 0.5) is 11.6 Å². The highest BCUT2D eigenvalue weighted by atomic mass is 127. The number of rotatable bonds is 2. The van der Waals surface area contributed by atoms with E-state index in [0.29, 0.717) is 34.2 Å². The molecule has 0 aromatic carbocycles. The lowest BCUT2D eigenvalue weighted by Gasteiger charge is -2.05. The molecule has 134 valence electrons. The largest absolute Gasteiger partial charge is 0.465 e. The first-order valence-electron chi connectivity index (χ1n) is 7.03. The number of carbonyl (C=O) groups excluding carboxylic acids is 2. The van der Waals surface area contributed by atoms with E-state index in [1.807, 2.05) is 22.6 Å². The molecule has 0 aliphatic heterocycles. The lowest BCUT2D eigenvalue weighted by molar-refractivity contribution is 0.0590. The summed E-state index contributed by atoms with van der Waals surface area (Å²) >= 11 is 2.02. The van der Waals surface area contributed by atoms with E-state index in [2.05, 4.69) is 19.4 Å². The molecule has 25 heavy (non-hydrogen) atoms. The predicted molar refractivity (Wildman–Crippen MR) is 102 cm³/mol. The molecule has 0 saturated heterocycles. The summed E-state index contributed by atoms with van der Waals surface area (Å²) in [6.45, 7) is 3.43.